The summed E-state index contributed by atoms with van der Waals surface area (Å²) in [5, 5.41) is 8.71. The highest BCUT2D eigenvalue weighted by molar-refractivity contribution is 7.13. The second-order valence-electron chi connectivity index (χ2n) is 19.3. The highest BCUT2D eigenvalue weighted by Gasteiger charge is 2.63. The van der Waals surface area contributed by atoms with Crippen LogP contribution in [0, 0.1) is 17.3 Å². The van der Waals surface area contributed by atoms with Crippen molar-refractivity contribution in [2.75, 3.05) is 47.4 Å². The van der Waals surface area contributed by atoms with Gasteiger partial charge in [0.05, 0.1) is 16.9 Å². The summed E-state index contributed by atoms with van der Waals surface area (Å²) in [5.41, 5.74) is 0.158. The number of hydrogen-bond acceptors (Lipinski definition) is 10. The van der Waals surface area contributed by atoms with Gasteiger partial charge in [0.2, 0.25) is 41.4 Å². The van der Waals surface area contributed by atoms with Crippen molar-refractivity contribution in [3.05, 3.63) is 40.5 Å². The van der Waals surface area contributed by atoms with E-state index in [-0.39, 0.29) is 44.9 Å². The van der Waals surface area contributed by atoms with Crippen molar-refractivity contribution in [3.8, 4) is 10.4 Å². The molecule has 3 saturated heterocycles. The number of benzene rings is 1. The van der Waals surface area contributed by atoms with Crippen molar-refractivity contribution in [1.82, 2.24) is 40.5 Å². The number of rotatable bonds is 11. The highest BCUT2D eigenvalue weighted by atomic mass is 35.5. The number of likely N-dealkylation sites (tertiary alicyclic amines) is 1. The van der Waals surface area contributed by atoms with Crippen molar-refractivity contribution >= 4 is 64.3 Å². The van der Waals surface area contributed by atoms with Crippen LogP contribution >= 0.6 is 22.9 Å². The van der Waals surface area contributed by atoms with Crippen molar-refractivity contribution in [1.29, 1.82) is 0 Å². The van der Waals surface area contributed by atoms with Gasteiger partial charge in [-0.05, 0) is 93.4 Å². The molecule has 0 spiro atoms. The Hall–Kier alpha value is -4.89. The molecule has 1 aliphatic carbocycles. The summed E-state index contributed by atoms with van der Waals surface area (Å²) >= 11 is 7.85. The number of likely N-dealkylation sites (N-methyl/N-ethyl adjacent to an activating group) is 3. The zero-order chi connectivity index (χ0) is 50.5. The van der Waals surface area contributed by atoms with E-state index in [0.717, 1.165) is 10.4 Å². The van der Waals surface area contributed by atoms with Crippen LogP contribution in [0.25, 0.3) is 10.4 Å². The van der Waals surface area contributed by atoms with Gasteiger partial charge in [-0.25, -0.2) is 4.39 Å². The number of thiazole rings is 1. The number of carbonyl (C=O) groups is 7. The van der Waals surface area contributed by atoms with E-state index >= 15 is 4.39 Å². The maximum Gasteiger partial charge on any atom is 0.403 e. The average Bonchev–Trinajstić information content (AvgIpc) is 3.84. The molecule has 69 heavy (non-hydrogen) atoms. The van der Waals surface area contributed by atoms with Crippen molar-refractivity contribution in [2.24, 2.45) is 17.3 Å². The Morgan fingerprint density at radius 2 is 1.72 bits per heavy atom. The zero-order valence-corrected chi connectivity index (χ0v) is 41.4. The smallest absolute Gasteiger partial charge is 0.381 e. The fraction of sp³-hybridized carbons (Fsp3) is 0.660. The first-order valence-electron chi connectivity index (χ1n) is 23.5. The molecule has 380 valence electrons. The standard InChI is InChI=1S/C47H63ClF4N8O8S/c1-26(2)19-33-43(65)59(6)35(21-29-20-30(48)12-13-32(29)37-23-53-25-69-37)40(62)54-27(3)42(64)57(4)16-8-7-9-34(39(61)55-33)58(5)44(66)38(28-10-11-28)56-41(63)36-22-31(49)24-60(36)45(67)46(47(50,51)52)14-17-68-18-15-46/h12-13,20,23,25-28,31,33-36,38H,7-11,14-19,21-22,24H2,1-6H3,(H,54,62)(H,55,61)(H,56,63)/t27-,31-,33+,34+,35+,36+,38+/m1/s1. The number of alkyl halides is 4. The molecule has 1 aromatic carbocycles. The highest BCUT2D eigenvalue weighted by Crippen LogP contribution is 2.48. The van der Waals surface area contributed by atoms with Gasteiger partial charge in [-0.3, -0.25) is 38.5 Å². The third-order valence-corrected chi connectivity index (χ3v) is 14.9. The Balaban J connectivity index is 1.28. The minimum absolute atomic E-state index is 0.0357. The molecule has 7 atom stereocenters. The van der Waals surface area contributed by atoms with Crippen LogP contribution in [0.2, 0.25) is 5.02 Å². The van der Waals surface area contributed by atoms with Gasteiger partial charge in [0.1, 0.15) is 47.8 Å². The van der Waals surface area contributed by atoms with Gasteiger partial charge in [0, 0.05) is 65.0 Å². The number of nitrogens with zero attached hydrogens (tertiary/aromatic N) is 5. The number of nitrogens with one attached hydrogen (secondary N) is 3. The molecule has 16 nitrogen and oxygen atoms in total. The predicted molar refractivity (Wildman–Crippen MR) is 248 cm³/mol. The maximum atomic E-state index is 15.1. The molecule has 6 rings (SSSR count). The maximum absolute atomic E-state index is 15.1. The van der Waals surface area contributed by atoms with Gasteiger partial charge in [-0.15, -0.1) is 11.3 Å². The molecule has 0 radical (unpaired) electrons. The molecule has 3 N–H and O–H groups in total. The lowest BCUT2D eigenvalue weighted by molar-refractivity contribution is -0.245. The third-order valence-electron chi connectivity index (χ3n) is 13.8. The van der Waals surface area contributed by atoms with Crippen molar-refractivity contribution in [3.63, 3.8) is 0 Å². The summed E-state index contributed by atoms with van der Waals surface area (Å²) in [6.07, 6.45) is -5.26. The van der Waals surface area contributed by atoms with Crippen LogP contribution in [0.5, 0.6) is 0 Å². The summed E-state index contributed by atoms with van der Waals surface area (Å²) in [7, 11) is 4.39. The summed E-state index contributed by atoms with van der Waals surface area (Å²) in [5.74, 6) is -6.02. The van der Waals surface area contributed by atoms with Crippen LogP contribution in [0.1, 0.15) is 84.1 Å². The monoisotopic (exact) mass is 1010 g/mol. The Morgan fingerprint density at radius 1 is 1.03 bits per heavy atom. The fourth-order valence-corrected chi connectivity index (χ4v) is 10.5. The molecule has 22 heteroatoms. The third kappa shape index (κ3) is 12.4. The Labute approximate surface area is 408 Å². The number of halogens is 5. The van der Waals surface area contributed by atoms with E-state index in [1.165, 1.54) is 40.1 Å². The topological polar surface area (TPSA) is 191 Å². The molecule has 4 aliphatic rings. The van der Waals surface area contributed by atoms with E-state index in [9.17, 15) is 46.7 Å². The van der Waals surface area contributed by atoms with Gasteiger partial charge in [-0.2, -0.15) is 13.2 Å². The molecular formula is C47H63ClF4N8O8S. The molecule has 7 amide bonds. The number of amides is 7. The molecule has 0 bridgehead atoms. The minimum atomic E-state index is -5.00. The van der Waals surface area contributed by atoms with Gasteiger partial charge >= 0.3 is 6.18 Å². The number of aromatic nitrogens is 1. The zero-order valence-electron chi connectivity index (χ0n) is 39.8. The molecule has 1 saturated carbocycles. The number of ether oxygens (including phenoxy) is 1. The average molecular weight is 1010 g/mol. The van der Waals surface area contributed by atoms with Gasteiger partial charge in [0.25, 0.3) is 0 Å². The van der Waals surface area contributed by atoms with Crippen LogP contribution in [-0.2, 0) is 44.7 Å². The first-order chi connectivity index (χ1) is 32.5. The molecule has 4 fully saturated rings. The quantitative estimate of drug-likeness (QED) is 0.272. The second kappa shape index (κ2) is 22.5. The van der Waals surface area contributed by atoms with E-state index in [1.807, 2.05) is 13.8 Å². The van der Waals surface area contributed by atoms with Crippen LogP contribution < -0.4 is 16.0 Å². The Kier molecular flexibility index (Phi) is 17.4. The molecule has 3 aliphatic heterocycles. The van der Waals surface area contributed by atoms with Crippen LogP contribution in [0.3, 0.4) is 0 Å². The molecule has 2 aromatic rings. The SMILES string of the molecule is CC(C)C[C@@H]1NC(=O)[C@@H](N(C)C(=O)[C@@H](NC(=O)[C@@H]2C[C@@H](F)CN2C(=O)C2(C(F)(F)F)CCOCC2)C2CC2)CCCCN(C)C(=O)[C@@H](C)NC(=O)[C@H](Cc2cc(Cl)ccc2-c2cncs2)N(C)C1=O. The summed E-state index contributed by atoms with van der Waals surface area (Å²) in [4.78, 5) is 109. The first kappa shape index (κ1) is 53.5. The molecular weight excluding hydrogens is 948 g/mol. The van der Waals surface area contributed by atoms with Crippen molar-refractivity contribution < 1.29 is 55.9 Å². The van der Waals surface area contributed by atoms with Crippen LogP contribution in [0.15, 0.2) is 29.9 Å². The summed E-state index contributed by atoms with van der Waals surface area (Å²) in [6, 6.07) is -2.35. The Bertz CT molecular complexity index is 2210. The van der Waals surface area contributed by atoms with Gasteiger partial charge in [-0.1, -0.05) is 31.5 Å². The number of carbonyl (C=O) groups excluding carboxylic acids is 7. The largest absolute Gasteiger partial charge is 0.403 e. The normalized spacial score (nSPS) is 26.1. The fourth-order valence-electron chi connectivity index (χ4n) is 9.60. The molecule has 4 heterocycles. The van der Waals surface area contributed by atoms with Crippen LogP contribution in [0.4, 0.5) is 17.6 Å². The predicted octanol–water partition coefficient (Wildman–Crippen LogP) is 4.53. The van der Waals surface area contributed by atoms with E-state index in [2.05, 4.69) is 20.9 Å². The minimum Gasteiger partial charge on any atom is -0.381 e. The first-order valence-corrected chi connectivity index (χ1v) is 24.8. The van der Waals surface area contributed by atoms with Gasteiger partial charge in [0.15, 0.2) is 0 Å². The lowest BCUT2D eigenvalue weighted by atomic mass is 9.77. The lowest BCUT2D eigenvalue weighted by Crippen LogP contribution is -2.61. The summed E-state index contributed by atoms with van der Waals surface area (Å²) < 4.78 is 64.0. The molecule has 0 unspecified atom stereocenters. The van der Waals surface area contributed by atoms with E-state index in [1.54, 1.807) is 43.9 Å². The summed E-state index contributed by atoms with van der Waals surface area (Å²) in [6.45, 7) is 4.06. The van der Waals surface area contributed by atoms with E-state index < -0.39 is 127 Å². The second-order valence-corrected chi connectivity index (χ2v) is 20.6. The van der Waals surface area contributed by atoms with Gasteiger partial charge < -0.3 is 40.3 Å². The van der Waals surface area contributed by atoms with E-state index in [0.29, 0.717) is 41.2 Å². The molecule has 1 aromatic heterocycles. The Morgan fingerprint density at radius 3 is 2.35 bits per heavy atom. The van der Waals surface area contributed by atoms with Crippen LogP contribution in [-0.4, -0.2) is 162 Å². The van der Waals surface area contributed by atoms with Crippen molar-refractivity contribution in [2.45, 2.75) is 134 Å². The number of hydrogen-bond donors (Lipinski definition) is 3. The van der Waals surface area contributed by atoms with E-state index in [4.69, 9.17) is 16.3 Å². The lowest BCUT2D eigenvalue weighted by Gasteiger charge is -2.41.